The summed E-state index contributed by atoms with van der Waals surface area (Å²) in [4.78, 5) is 31.4. The van der Waals surface area contributed by atoms with Crippen LogP contribution in [0.1, 0.15) is 67.6 Å². The lowest BCUT2D eigenvalue weighted by molar-refractivity contribution is -0.153. The van der Waals surface area contributed by atoms with E-state index in [1.807, 2.05) is 13.8 Å². The maximum Gasteiger partial charge on any atom is 0.326 e. The number of aryl methyl sites for hydroxylation is 2. The van der Waals surface area contributed by atoms with Gasteiger partial charge in [-0.25, -0.2) is 4.98 Å². The summed E-state index contributed by atoms with van der Waals surface area (Å²) in [5.74, 6) is -0.270. The number of aromatic nitrogens is 1. The number of esters is 1. The van der Waals surface area contributed by atoms with E-state index in [4.69, 9.17) is 4.74 Å². The number of rotatable bonds is 5. The van der Waals surface area contributed by atoms with Crippen molar-refractivity contribution in [2.45, 2.75) is 65.4 Å². The fourth-order valence-electron chi connectivity index (χ4n) is 2.82. The summed E-state index contributed by atoms with van der Waals surface area (Å²) >= 11 is 1.59. The molecule has 1 fully saturated rings. The second-order valence-electron chi connectivity index (χ2n) is 6.02. The van der Waals surface area contributed by atoms with Gasteiger partial charge in [-0.15, -0.1) is 11.3 Å². The summed E-state index contributed by atoms with van der Waals surface area (Å²) in [6, 6.07) is 0. The zero-order valence-electron chi connectivity index (χ0n) is 14.3. The van der Waals surface area contributed by atoms with Crippen LogP contribution in [-0.4, -0.2) is 34.8 Å². The molecule has 0 aliphatic carbocycles. The van der Waals surface area contributed by atoms with Crippen molar-refractivity contribution in [2.24, 2.45) is 0 Å². The van der Waals surface area contributed by atoms with E-state index < -0.39 is 0 Å². The number of thiazole rings is 1. The molecule has 1 unspecified atom stereocenters. The lowest BCUT2D eigenvalue weighted by atomic mass is 10.1. The van der Waals surface area contributed by atoms with Crippen molar-refractivity contribution in [1.82, 2.24) is 9.88 Å². The van der Waals surface area contributed by atoms with Gasteiger partial charge in [-0.05, 0) is 33.1 Å². The van der Waals surface area contributed by atoms with Crippen LogP contribution in [0.4, 0.5) is 0 Å². The Balaban J connectivity index is 1.92. The van der Waals surface area contributed by atoms with E-state index in [0.717, 1.165) is 47.7 Å². The van der Waals surface area contributed by atoms with Crippen LogP contribution in [0.3, 0.4) is 0 Å². The predicted molar refractivity (Wildman–Crippen MR) is 90.4 cm³/mol. The molecule has 0 spiro atoms. The van der Waals surface area contributed by atoms with Crippen molar-refractivity contribution in [3.8, 4) is 0 Å². The summed E-state index contributed by atoms with van der Waals surface area (Å²) in [6.45, 7) is 6.58. The highest BCUT2D eigenvalue weighted by atomic mass is 32.1. The Morgan fingerprint density at radius 1 is 1.35 bits per heavy atom. The predicted octanol–water partition coefficient (Wildman–Crippen LogP) is 3.41. The van der Waals surface area contributed by atoms with E-state index in [1.165, 1.54) is 0 Å². The molecule has 5 nitrogen and oxygen atoms in total. The normalized spacial score (nSPS) is 17.5. The van der Waals surface area contributed by atoms with Gasteiger partial charge in [0, 0.05) is 13.0 Å². The molecule has 1 aliphatic heterocycles. The van der Waals surface area contributed by atoms with Crippen LogP contribution in [0.5, 0.6) is 0 Å². The Hall–Kier alpha value is -1.43. The van der Waals surface area contributed by atoms with Gasteiger partial charge in [0.1, 0.15) is 12.6 Å². The van der Waals surface area contributed by atoms with Gasteiger partial charge in [0.05, 0.1) is 15.6 Å². The smallest absolute Gasteiger partial charge is 0.326 e. The molecule has 1 atom stereocenters. The lowest BCUT2D eigenvalue weighted by Crippen LogP contribution is -2.38. The average molecular weight is 338 g/mol. The fraction of sp³-hybridized carbons (Fsp3) is 0.706. The molecule has 1 aliphatic rings. The van der Waals surface area contributed by atoms with Gasteiger partial charge in [-0.1, -0.05) is 19.8 Å². The van der Waals surface area contributed by atoms with Crippen LogP contribution in [0.15, 0.2) is 0 Å². The molecule has 0 saturated carbocycles. The Labute approximate surface area is 142 Å². The van der Waals surface area contributed by atoms with Gasteiger partial charge < -0.3 is 9.64 Å². The zero-order chi connectivity index (χ0) is 16.8. The highest BCUT2D eigenvalue weighted by molar-refractivity contribution is 7.11. The van der Waals surface area contributed by atoms with E-state index in [9.17, 15) is 9.59 Å². The largest absolute Gasteiger partial charge is 0.456 e. The molecule has 0 N–H and O–H groups in total. The second-order valence-corrected chi connectivity index (χ2v) is 7.14. The third-order valence-corrected chi connectivity index (χ3v) is 5.56. The van der Waals surface area contributed by atoms with Crippen LogP contribution in [0, 0.1) is 6.92 Å². The van der Waals surface area contributed by atoms with Crippen LogP contribution in [0.2, 0.25) is 0 Å². The van der Waals surface area contributed by atoms with Crippen molar-refractivity contribution in [2.75, 3.05) is 13.1 Å². The first-order chi connectivity index (χ1) is 11.0. The van der Waals surface area contributed by atoms with Crippen LogP contribution in [0.25, 0.3) is 0 Å². The Morgan fingerprint density at radius 3 is 2.78 bits per heavy atom. The van der Waals surface area contributed by atoms with Crippen LogP contribution < -0.4 is 0 Å². The van der Waals surface area contributed by atoms with Crippen molar-refractivity contribution < 1.29 is 14.3 Å². The average Bonchev–Trinajstić information content (AvgIpc) is 2.88. The Morgan fingerprint density at radius 2 is 2.09 bits per heavy atom. The second kappa shape index (κ2) is 8.43. The minimum atomic E-state index is -0.336. The third kappa shape index (κ3) is 5.03. The van der Waals surface area contributed by atoms with Crippen molar-refractivity contribution >= 4 is 23.2 Å². The van der Waals surface area contributed by atoms with Crippen molar-refractivity contribution in [3.05, 3.63) is 15.6 Å². The number of carbonyl (C=O) groups excluding carboxylic acids is 2. The first kappa shape index (κ1) is 17.9. The number of hydrogen-bond acceptors (Lipinski definition) is 5. The van der Waals surface area contributed by atoms with E-state index >= 15 is 0 Å². The highest BCUT2D eigenvalue weighted by Gasteiger charge is 2.22. The first-order valence-electron chi connectivity index (χ1n) is 8.44. The molecule has 23 heavy (non-hydrogen) atoms. The van der Waals surface area contributed by atoms with Gasteiger partial charge in [-0.3, -0.25) is 9.59 Å². The number of hydrogen-bond donors (Lipinski definition) is 0. The van der Waals surface area contributed by atoms with E-state index in [1.54, 1.807) is 16.2 Å². The SMILES string of the molecule is CCc1nc(C)c(C(C)OC(=O)CN2CCCCCCC2=O)s1. The summed E-state index contributed by atoms with van der Waals surface area (Å²) in [6.07, 6.45) is 5.21. The summed E-state index contributed by atoms with van der Waals surface area (Å²) in [5.41, 5.74) is 0.925. The molecule has 1 aromatic rings. The summed E-state index contributed by atoms with van der Waals surface area (Å²) < 4.78 is 5.54. The number of carbonyl (C=O) groups is 2. The Kier molecular flexibility index (Phi) is 6.57. The molecule has 128 valence electrons. The number of ether oxygens (including phenoxy) is 1. The minimum Gasteiger partial charge on any atom is -0.456 e. The summed E-state index contributed by atoms with van der Waals surface area (Å²) in [5, 5.41) is 1.05. The van der Waals surface area contributed by atoms with Gasteiger partial charge in [0.25, 0.3) is 0 Å². The van der Waals surface area contributed by atoms with E-state index in [0.29, 0.717) is 13.0 Å². The maximum absolute atomic E-state index is 12.2. The number of amides is 1. The Bertz CT molecular complexity index is 556. The number of likely N-dealkylation sites (tertiary alicyclic amines) is 1. The molecule has 0 bridgehead atoms. The van der Waals surface area contributed by atoms with E-state index in [2.05, 4.69) is 11.9 Å². The third-order valence-electron chi connectivity index (χ3n) is 4.10. The van der Waals surface area contributed by atoms with Gasteiger partial charge >= 0.3 is 5.97 Å². The van der Waals surface area contributed by atoms with E-state index in [-0.39, 0.29) is 24.5 Å². The molecule has 1 aromatic heterocycles. The molecule has 0 radical (unpaired) electrons. The molecule has 1 saturated heterocycles. The zero-order valence-corrected chi connectivity index (χ0v) is 15.1. The lowest BCUT2D eigenvalue weighted by Gasteiger charge is -2.24. The van der Waals surface area contributed by atoms with Gasteiger partial charge in [-0.2, -0.15) is 0 Å². The topological polar surface area (TPSA) is 59.5 Å². The molecule has 1 amide bonds. The standard InChI is InChI=1S/C17H26N2O3S/c1-4-14-18-12(2)17(23-14)13(3)22-16(21)11-19-10-8-6-5-7-9-15(19)20/h13H,4-11H2,1-3H3. The molecule has 2 rings (SSSR count). The van der Waals surface area contributed by atoms with Crippen LogP contribution >= 0.6 is 11.3 Å². The van der Waals surface area contributed by atoms with Gasteiger partial charge in [0.2, 0.25) is 5.91 Å². The van der Waals surface area contributed by atoms with Crippen molar-refractivity contribution in [1.29, 1.82) is 0 Å². The molecule has 0 aromatic carbocycles. The molecule has 2 heterocycles. The quantitative estimate of drug-likeness (QED) is 0.772. The number of nitrogens with zero attached hydrogens (tertiary/aromatic N) is 2. The first-order valence-corrected chi connectivity index (χ1v) is 9.26. The molecule has 6 heteroatoms. The highest BCUT2D eigenvalue weighted by Crippen LogP contribution is 2.28. The minimum absolute atomic E-state index is 0.0572. The van der Waals surface area contributed by atoms with Crippen molar-refractivity contribution in [3.63, 3.8) is 0 Å². The molecular formula is C17H26N2O3S. The molecular weight excluding hydrogens is 312 g/mol. The van der Waals surface area contributed by atoms with Crippen LogP contribution in [-0.2, 0) is 20.7 Å². The fourth-order valence-corrected chi connectivity index (χ4v) is 3.81. The van der Waals surface area contributed by atoms with Gasteiger partial charge in [0.15, 0.2) is 0 Å². The summed E-state index contributed by atoms with van der Waals surface area (Å²) in [7, 11) is 0. The maximum atomic E-state index is 12.2. The monoisotopic (exact) mass is 338 g/mol.